The molecule has 1 fully saturated rings. The van der Waals surface area contributed by atoms with E-state index in [-0.39, 0.29) is 29.0 Å². The Kier molecular flexibility index (Phi) is 4.65. The van der Waals surface area contributed by atoms with E-state index in [0.717, 1.165) is 0 Å². The Balaban J connectivity index is 2.21. The lowest BCUT2D eigenvalue weighted by Crippen LogP contribution is -2.38. The van der Waals surface area contributed by atoms with Crippen LogP contribution in [0.25, 0.3) is 0 Å². The fourth-order valence-electron chi connectivity index (χ4n) is 2.40. The van der Waals surface area contributed by atoms with Gasteiger partial charge in [0.15, 0.2) is 0 Å². The van der Waals surface area contributed by atoms with Gasteiger partial charge in [-0.15, -0.1) is 0 Å². The first-order chi connectivity index (χ1) is 9.83. The zero-order chi connectivity index (χ0) is 15.6. The van der Waals surface area contributed by atoms with Crippen molar-refractivity contribution in [1.29, 1.82) is 0 Å². The molecule has 1 saturated carbocycles. The highest BCUT2D eigenvalue weighted by molar-refractivity contribution is 7.89. The van der Waals surface area contributed by atoms with Crippen LogP contribution in [0.1, 0.15) is 35.7 Å². The highest BCUT2D eigenvalue weighted by Crippen LogP contribution is 2.27. The highest BCUT2D eigenvalue weighted by atomic mass is 32.2. The van der Waals surface area contributed by atoms with Crippen LogP contribution < -0.4 is 4.72 Å². The normalized spacial score (nSPS) is 21.8. The van der Waals surface area contributed by atoms with Gasteiger partial charge in [0.1, 0.15) is 0 Å². The number of hydrogen-bond acceptors (Lipinski definition) is 4. The number of rotatable bonds is 6. The van der Waals surface area contributed by atoms with Gasteiger partial charge in [0.25, 0.3) is 0 Å². The fraction of sp³-hybridized carbons (Fsp3) is 0.500. The lowest BCUT2D eigenvalue weighted by Gasteiger charge is -2.31. The second kappa shape index (κ2) is 6.13. The average Bonchev–Trinajstić information content (AvgIpc) is 2.41. The summed E-state index contributed by atoms with van der Waals surface area (Å²) < 4.78 is 27.2. The maximum absolute atomic E-state index is 12.3. The lowest BCUT2D eigenvalue weighted by atomic mass is 9.83. The number of carboxylic acid groups (broad SMARTS) is 1. The molecule has 0 atom stereocenters. The van der Waals surface area contributed by atoms with Crippen molar-refractivity contribution >= 4 is 16.0 Å². The van der Waals surface area contributed by atoms with E-state index in [0.29, 0.717) is 24.8 Å². The van der Waals surface area contributed by atoms with Gasteiger partial charge in [0.2, 0.25) is 10.0 Å². The van der Waals surface area contributed by atoms with Crippen LogP contribution >= 0.6 is 0 Å². The SMILES string of the molecule is CCc1ccc(C(=O)O)cc1S(=O)(=O)NCC1CC(O)C1. The molecule has 0 radical (unpaired) electrons. The van der Waals surface area contributed by atoms with Gasteiger partial charge in [-0.2, -0.15) is 0 Å². The van der Waals surface area contributed by atoms with Crippen LogP contribution in [0.2, 0.25) is 0 Å². The van der Waals surface area contributed by atoms with Gasteiger partial charge in [-0.1, -0.05) is 13.0 Å². The molecule has 1 aromatic rings. The van der Waals surface area contributed by atoms with Crippen LogP contribution in [0.4, 0.5) is 0 Å². The van der Waals surface area contributed by atoms with Gasteiger partial charge >= 0.3 is 5.97 Å². The Bertz CT molecular complexity index is 635. The predicted molar refractivity (Wildman–Crippen MR) is 76.7 cm³/mol. The number of aryl methyl sites for hydroxylation is 1. The van der Waals surface area contributed by atoms with Crippen molar-refractivity contribution in [2.24, 2.45) is 5.92 Å². The molecule has 6 nitrogen and oxygen atoms in total. The summed E-state index contributed by atoms with van der Waals surface area (Å²) in [7, 11) is -3.74. The van der Waals surface area contributed by atoms with Crippen molar-refractivity contribution in [1.82, 2.24) is 4.72 Å². The highest BCUT2D eigenvalue weighted by Gasteiger charge is 2.29. The Morgan fingerprint density at radius 3 is 2.57 bits per heavy atom. The van der Waals surface area contributed by atoms with E-state index in [9.17, 15) is 18.3 Å². The Labute approximate surface area is 123 Å². The first-order valence-corrected chi connectivity index (χ1v) is 8.35. The van der Waals surface area contributed by atoms with Gasteiger partial charge in [0.05, 0.1) is 16.6 Å². The van der Waals surface area contributed by atoms with Crippen molar-refractivity contribution in [2.75, 3.05) is 6.54 Å². The van der Waals surface area contributed by atoms with Gasteiger partial charge in [-0.05, 0) is 42.9 Å². The van der Waals surface area contributed by atoms with E-state index < -0.39 is 16.0 Å². The van der Waals surface area contributed by atoms with E-state index in [4.69, 9.17) is 5.11 Å². The number of carbonyl (C=O) groups is 1. The van der Waals surface area contributed by atoms with Gasteiger partial charge in [-0.25, -0.2) is 17.9 Å². The topological polar surface area (TPSA) is 104 Å². The minimum absolute atomic E-state index is 0.0183. The summed E-state index contributed by atoms with van der Waals surface area (Å²) >= 11 is 0. The number of aliphatic hydroxyl groups is 1. The third kappa shape index (κ3) is 3.61. The number of benzene rings is 1. The number of sulfonamides is 1. The third-order valence-electron chi connectivity index (χ3n) is 3.76. The van der Waals surface area contributed by atoms with Crippen LogP contribution in [0, 0.1) is 5.92 Å². The molecule has 0 heterocycles. The summed E-state index contributed by atoms with van der Waals surface area (Å²) in [5.41, 5.74) is 0.535. The summed E-state index contributed by atoms with van der Waals surface area (Å²) in [4.78, 5) is 11.0. The van der Waals surface area contributed by atoms with Crippen molar-refractivity contribution in [3.05, 3.63) is 29.3 Å². The molecule has 3 N–H and O–H groups in total. The molecule has 0 unspecified atom stereocenters. The first kappa shape index (κ1) is 15.9. The van der Waals surface area contributed by atoms with Crippen molar-refractivity contribution in [2.45, 2.75) is 37.2 Å². The molecule has 0 aromatic heterocycles. The maximum atomic E-state index is 12.3. The molecule has 0 spiro atoms. The van der Waals surface area contributed by atoms with Crippen molar-refractivity contribution in [3.63, 3.8) is 0 Å². The minimum Gasteiger partial charge on any atom is -0.478 e. The third-order valence-corrected chi connectivity index (χ3v) is 5.26. The summed E-state index contributed by atoms with van der Waals surface area (Å²) in [6.07, 6.45) is 1.36. The molecule has 0 bridgehead atoms. The smallest absolute Gasteiger partial charge is 0.335 e. The Morgan fingerprint density at radius 2 is 2.05 bits per heavy atom. The van der Waals surface area contributed by atoms with Crippen LogP contribution in [-0.4, -0.2) is 37.2 Å². The lowest BCUT2D eigenvalue weighted by molar-refractivity contribution is 0.0453. The zero-order valence-electron chi connectivity index (χ0n) is 11.7. The van der Waals surface area contributed by atoms with Gasteiger partial charge in [0, 0.05) is 6.54 Å². The van der Waals surface area contributed by atoms with Crippen LogP contribution in [0.5, 0.6) is 0 Å². The van der Waals surface area contributed by atoms with Gasteiger partial charge in [-0.3, -0.25) is 0 Å². The number of nitrogens with one attached hydrogen (secondary N) is 1. The Hall–Kier alpha value is -1.44. The largest absolute Gasteiger partial charge is 0.478 e. The first-order valence-electron chi connectivity index (χ1n) is 6.87. The zero-order valence-corrected chi connectivity index (χ0v) is 12.6. The number of aliphatic hydroxyl groups excluding tert-OH is 1. The molecular weight excluding hydrogens is 294 g/mol. The van der Waals surface area contributed by atoms with E-state index in [1.807, 2.05) is 6.92 Å². The van der Waals surface area contributed by atoms with E-state index in [1.165, 1.54) is 18.2 Å². The molecule has 1 aliphatic carbocycles. The molecule has 1 aliphatic rings. The summed E-state index contributed by atoms with van der Waals surface area (Å²) in [5, 5.41) is 18.2. The molecule has 7 heteroatoms. The standard InChI is InChI=1S/C14H19NO5S/c1-2-10-3-4-11(14(17)18)7-13(10)21(19,20)15-8-9-5-12(16)6-9/h3-4,7,9,12,15-16H,2,5-6,8H2,1H3,(H,17,18). The summed E-state index contributed by atoms with van der Waals surface area (Å²) in [5.74, 6) is -1.02. The minimum atomic E-state index is -3.74. The monoisotopic (exact) mass is 313 g/mol. The molecule has 116 valence electrons. The predicted octanol–water partition coefficient (Wildman–Crippen LogP) is 0.996. The number of carboxylic acids is 1. The second-order valence-corrected chi connectivity index (χ2v) is 7.06. The molecule has 0 aliphatic heterocycles. The Morgan fingerprint density at radius 1 is 1.38 bits per heavy atom. The van der Waals surface area contributed by atoms with E-state index in [2.05, 4.69) is 4.72 Å². The van der Waals surface area contributed by atoms with E-state index >= 15 is 0 Å². The average molecular weight is 313 g/mol. The number of hydrogen-bond donors (Lipinski definition) is 3. The second-order valence-electron chi connectivity index (χ2n) is 5.32. The molecule has 0 saturated heterocycles. The van der Waals surface area contributed by atoms with Gasteiger partial charge < -0.3 is 10.2 Å². The van der Waals surface area contributed by atoms with Crippen molar-refractivity contribution in [3.8, 4) is 0 Å². The van der Waals surface area contributed by atoms with Crippen LogP contribution in [0.3, 0.4) is 0 Å². The maximum Gasteiger partial charge on any atom is 0.335 e. The fourth-order valence-corrected chi connectivity index (χ4v) is 3.85. The molecular formula is C14H19NO5S. The van der Waals surface area contributed by atoms with Crippen molar-refractivity contribution < 1.29 is 23.4 Å². The number of aromatic carboxylic acids is 1. The van der Waals surface area contributed by atoms with Crippen LogP contribution in [0.15, 0.2) is 23.1 Å². The molecule has 1 aromatic carbocycles. The molecule has 0 amide bonds. The summed E-state index contributed by atoms with van der Waals surface area (Å²) in [6, 6.07) is 4.13. The molecule has 2 rings (SSSR count). The summed E-state index contributed by atoms with van der Waals surface area (Å²) in [6.45, 7) is 2.08. The molecule has 21 heavy (non-hydrogen) atoms. The van der Waals surface area contributed by atoms with E-state index in [1.54, 1.807) is 0 Å². The quantitative estimate of drug-likeness (QED) is 0.727. The van der Waals surface area contributed by atoms with Crippen LogP contribution in [-0.2, 0) is 16.4 Å².